The Kier molecular flexibility index (Phi) is 8.98. The maximum Gasteiger partial charge on any atom is 0.235 e. The van der Waals surface area contributed by atoms with Gasteiger partial charge < -0.3 is 15.4 Å². The lowest BCUT2D eigenvalue weighted by Gasteiger charge is -2.35. The maximum absolute atomic E-state index is 12.8. The second-order valence-corrected chi connectivity index (χ2v) is 6.03. The topological polar surface area (TPSA) is 55.6 Å². The standard InChI is InChI=1S/C15H30N2O2S/c1-6-8-15(9-7-2,13(16)20)14(18)17(5)10-11-19-12(3)4/h12H,6-11H2,1-5H3,(H2,16,20). The minimum absolute atomic E-state index is 0.0288. The average molecular weight is 302 g/mol. The molecule has 1 amide bonds. The number of carbonyl (C=O) groups excluding carboxylic acids is 1. The van der Waals surface area contributed by atoms with Gasteiger partial charge in [0.05, 0.1) is 23.1 Å². The molecule has 0 saturated carbocycles. The Morgan fingerprint density at radius 1 is 1.30 bits per heavy atom. The monoisotopic (exact) mass is 302 g/mol. The summed E-state index contributed by atoms with van der Waals surface area (Å²) in [6.45, 7) is 9.17. The Bertz CT molecular complexity index is 313. The molecule has 20 heavy (non-hydrogen) atoms. The molecule has 0 atom stereocenters. The summed E-state index contributed by atoms with van der Waals surface area (Å²) in [5, 5.41) is 0. The Hall–Kier alpha value is -0.680. The predicted molar refractivity (Wildman–Crippen MR) is 87.8 cm³/mol. The van der Waals surface area contributed by atoms with E-state index in [1.165, 1.54) is 0 Å². The molecule has 0 spiro atoms. The van der Waals surface area contributed by atoms with Gasteiger partial charge >= 0.3 is 0 Å². The minimum atomic E-state index is -0.689. The fourth-order valence-electron chi connectivity index (χ4n) is 2.44. The van der Waals surface area contributed by atoms with Gasteiger partial charge in [-0.2, -0.15) is 0 Å². The molecular weight excluding hydrogens is 272 g/mol. The van der Waals surface area contributed by atoms with Crippen LogP contribution in [0.1, 0.15) is 53.4 Å². The fraction of sp³-hybridized carbons (Fsp3) is 0.867. The molecule has 0 aromatic heterocycles. The first-order valence-electron chi connectivity index (χ1n) is 7.48. The molecule has 0 radical (unpaired) electrons. The van der Waals surface area contributed by atoms with Gasteiger partial charge in [0.1, 0.15) is 0 Å². The number of ether oxygens (including phenoxy) is 1. The lowest BCUT2D eigenvalue weighted by molar-refractivity contribution is -0.138. The smallest absolute Gasteiger partial charge is 0.235 e. The fourth-order valence-corrected chi connectivity index (χ4v) is 2.73. The maximum atomic E-state index is 12.8. The summed E-state index contributed by atoms with van der Waals surface area (Å²) in [7, 11) is 1.80. The second kappa shape index (κ2) is 9.29. The number of rotatable bonds is 10. The molecule has 0 unspecified atom stereocenters. The van der Waals surface area contributed by atoms with Crippen LogP contribution in [0.2, 0.25) is 0 Å². The zero-order valence-electron chi connectivity index (χ0n) is 13.6. The van der Waals surface area contributed by atoms with Gasteiger partial charge in [-0.05, 0) is 26.7 Å². The van der Waals surface area contributed by atoms with E-state index in [0.29, 0.717) is 31.0 Å². The third-order valence-corrected chi connectivity index (χ3v) is 3.85. The Balaban J connectivity index is 4.88. The molecule has 0 aromatic carbocycles. The first-order chi connectivity index (χ1) is 9.31. The van der Waals surface area contributed by atoms with Crippen molar-refractivity contribution in [1.82, 2.24) is 4.90 Å². The molecule has 118 valence electrons. The zero-order chi connectivity index (χ0) is 15.8. The van der Waals surface area contributed by atoms with Gasteiger partial charge in [0.15, 0.2) is 0 Å². The zero-order valence-corrected chi connectivity index (χ0v) is 14.4. The first kappa shape index (κ1) is 19.3. The number of likely N-dealkylation sites (N-methyl/N-ethyl adjacent to an activating group) is 1. The Labute approximate surface area is 129 Å². The van der Waals surface area contributed by atoms with Gasteiger partial charge in [0, 0.05) is 13.6 Å². The normalized spacial score (nSPS) is 11.7. The quantitative estimate of drug-likeness (QED) is 0.630. The van der Waals surface area contributed by atoms with Gasteiger partial charge in [-0.1, -0.05) is 38.9 Å². The van der Waals surface area contributed by atoms with Crippen molar-refractivity contribution in [2.45, 2.75) is 59.5 Å². The molecule has 5 heteroatoms. The van der Waals surface area contributed by atoms with Gasteiger partial charge in [0.25, 0.3) is 0 Å². The molecule has 0 heterocycles. The molecule has 0 aliphatic heterocycles. The summed E-state index contributed by atoms with van der Waals surface area (Å²) < 4.78 is 5.50. The molecule has 4 nitrogen and oxygen atoms in total. The molecule has 2 N–H and O–H groups in total. The van der Waals surface area contributed by atoms with Crippen molar-refractivity contribution in [3.05, 3.63) is 0 Å². The van der Waals surface area contributed by atoms with E-state index in [4.69, 9.17) is 22.7 Å². The second-order valence-electron chi connectivity index (χ2n) is 5.59. The van der Waals surface area contributed by atoms with Crippen LogP contribution in [0, 0.1) is 5.41 Å². The number of amides is 1. The van der Waals surface area contributed by atoms with Crippen LogP contribution < -0.4 is 5.73 Å². The van der Waals surface area contributed by atoms with E-state index in [0.717, 1.165) is 12.8 Å². The number of carbonyl (C=O) groups is 1. The minimum Gasteiger partial charge on any atom is -0.392 e. The first-order valence-corrected chi connectivity index (χ1v) is 7.89. The summed E-state index contributed by atoms with van der Waals surface area (Å²) in [5.74, 6) is 0.0288. The van der Waals surface area contributed by atoms with E-state index in [1.54, 1.807) is 11.9 Å². The number of hydrogen-bond donors (Lipinski definition) is 1. The van der Waals surface area contributed by atoms with Crippen molar-refractivity contribution in [2.75, 3.05) is 20.2 Å². The SMILES string of the molecule is CCCC(CCC)(C(=O)N(C)CCOC(C)C)C(N)=S. The molecule has 0 aliphatic rings. The van der Waals surface area contributed by atoms with E-state index in [2.05, 4.69) is 13.8 Å². The van der Waals surface area contributed by atoms with Crippen LogP contribution in [0.5, 0.6) is 0 Å². The van der Waals surface area contributed by atoms with Crippen LogP contribution in [-0.2, 0) is 9.53 Å². The number of hydrogen-bond acceptors (Lipinski definition) is 3. The van der Waals surface area contributed by atoms with Gasteiger partial charge in [-0.15, -0.1) is 0 Å². The summed E-state index contributed by atoms with van der Waals surface area (Å²) in [6, 6.07) is 0. The molecule has 0 fully saturated rings. The predicted octanol–water partition coefficient (Wildman–Crippen LogP) is 2.74. The van der Waals surface area contributed by atoms with E-state index < -0.39 is 5.41 Å². The van der Waals surface area contributed by atoms with Gasteiger partial charge in [-0.3, -0.25) is 4.79 Å². The number of thiocarbonyl (C=S) groups is 1. The lowest BCUT2D eigenvalue weighted by atomic mass is 9.77. The highest BCUT2D eigenvalue weighted by Crippen LogP contribution is 2.32. The van der Waals surface area contributed by atoms with Gasteiger partial charge in [-0.25, -0.2) is 0 Å². The molecule has 0 aromatic rings. The Morgan fingerprint density at radius 2 is 1.80 bits per heavy atom. The molecule has 0 aliphatic carbocycles. The van der Waals surface area contributed by atoms with E-state index in [1.807, 2.05) is 13.8 Å². The summed E-state index contributed by atoms with van der Waals surface area (Å²) >= 11 is 5.21. The number of nitrogens with two attached hydrogens (primary N) is 1. The van der Waals surface area contributed by atoms with Crippen LogP contribution in [0.4, 0.5) is 0 Å². The third kappa shape index (κ3) is 5.37. The molecule has 0 rings (SSSR count). The van der Waals surface area contributed by atoms with E-state index in [9.17, 15) is 4.79 Å². The number of nitrogens with zero attached hydrogens (tertiary/aromatic N) is 1. The summed E-state index contributed by atoms with van der Waals surface area (Å²) in [6.07, 6.45) is 3.37. The summed E-state index contributed by atoms with van der Waals surface area (Å²) in [4.78, 5) is 14.8. The van der Waals surface area contributed by atoms with E-state index in [-0.39, 0.29) is 12.0 Å². The van der Waals surface area contributed by atoms with Crippen molar-refractivity contribution in [3.63, 3.8) is 0 Å². The highest BCUT2D eigenvalue weighted by Gasteiger charge is 2.41. The largest absolute Gasteiger partial charge is 0.392 e. The summed E-state index contributed by atoms with van der Waals surface area (Å²) in [5.41, 5.74) is 5.22. The molecule has 0 bridgehead atoms. The van der Waals surface area contributed by atoms with Crippen molar-refractivity contribution >= 4 is 23.1 Å². The lowest BCUT2D eigenvalue weighted by Crippen LogP contribution is -2.50. The van der Waals surface area contributed by atoms with Crippen molar-refractivity contribution in [2.24, 2.45) is 11.1 Å². The average Bonchev–Trinajstić information content (AvgIpc) is 2.36. The van der Waals surface area contributed by atoms with Crippen LogP contribution >= 0.6 is 12.2 Å². The third-order valence-electron chi connectivity index (χ3n) is 3.46. The van der Waals surface area contributed by atoms with Crippen LogP contribution in [0.25, 0.3) is 0 Å². The van der Waals surface area contributed by atoms with Crippen molar-refractivity contribution in [3.8, 4) is 0 Å². The highest BCUT2D eigenvalue weighted by molar-refractivity contribution is 7.80. The molecular formula is C15H30N2O2S. The molecule has 0 saturated heterocycles. The van der Waals surface area contributed by atoms with Crippen molar-refractivity contribution in [1.29, 1.82) is 0 Å². The Morgan fingerprint density at radius 3 is 2.15 bits per heavy atom. The van der Waals surface area contributed by atoms with E-state index >= 15 is 0 Å². The van der Waals surface area contributed by atoms with Crippen molar-refractivity contribution < 1.29 is 9.53 Å². The van der Waals surface area contributed by atoms with Crippen LogP contribution in [0.3, 0.4) is 0 Å². The van der Waals surface area contributed by atoms with Gasteiger partial charge in [0.2, 0.25) is 5.91 Å². The van der Waals surface area contributed by atoms with Crippen LogP contribution in [0.15, 0.2) is 0 Å². The van der Waals surface area contributed by atoms with Crippen LogP contribution in [-0.4, -0.2) is 42.1 Å². The highest BCUT2D eigenvalue weighted by atomic mass is 32.1.